The van der Waals surface area contributed by atoms with Gasteiger partial charge in [0.05, 0.1) is 6.04 Å². The van der Waals surface area contributed by atoms with Crippen molar-refractivity contribution in [1.29, 1.82) is 0 Å². The lowest BCUT2D eigenvalue weighted by atomic mass is 9.88. The summed E-state index contributed by atoms with van der Waals surface area (Å²) in [5.41, 5.74) is 0.836. The Morgan fingerprint density at radius 1 is 1.19 bits per heavy atom. The van der Waals surface area contributed by atoms with Crippen LogP contribution in [0.15, 0.2) is 36.4 Å². The molecule has 2 aromatic rings. The van der Waals surface area contributed by atoms with Crippen molar-refractivity contribution in [2.24, 2.45) is 0 Å². The zero-order valence-electron chi connectivity index (χ0n) is 16.9. The number of fused-ring (bicyclic) bond motifs is 2. The fourth-order valence-corrected chi connectivity index (χ4v) is 4.00. The zero-order chi connectivity index (χ0) is 22.2. The van der Waals surface area contributed by atoms with E-state index in [2.05, 4.69) is 10.6 Å². The number of hydrogen-bond acceptors (Lipinski definition) is 3. The summed E-state index contributed by atoms with van der Waals surface area (Å²) in [6, 6.07) is 7.57. The highest BCUT2D eigenvalue weighted by Gasteiger charge is 2.42. The maximum absolute atomic E-state index is 13.6. The third-order valence-corrected chi connectivity index (χ3v) is 5.73. The largest absolute Gasteiger partial charge is 0.481 e. The molecule has 0 aliphatic carbocycles. The second-order valence-electron chi connectivity index (χ2n) is 7.89. The number of halogens is 3. The molecule has 2 heterocycles. The van der Waals surface area contributed by atoms with E-state index >= 15 is 0 Å². The third kappa shape index (κ3) is 4.04. The van der Waals surface area contributed by atoms with Crippen LogP contribution >= 0.6 is 0 Å². The standard InChI is InChI=1S/C22H22F3N3O3/c1-28-18-9-15(5-2-13(18)3-7-20(28)29)26-21(30)27-17-10-22(11-23,12-24)31-19-8-14(25)4-6-16(17)19/h2,4-6,8-9,17H,3,7,10-12H2,1H3,(H2,26,27,30)/t17-/m1/s1. The predicted octanol–water partition coefficient (Wildman–Crippen LogP) is 4.06. The molecule has 9 heteroatoms. The van der Waals surface area contributed by atoms with Gasteiger partial charge in [0.2, 0.25) is 5.91 Å². The lowest BCUT2D eigenvalue weighted by Crippen LogP contribution is -2.49. The average Bonchev–Trinajstić information content (AvgIpc) is 2.76. The second-order valence-corrected chi connectivity index (χ2v) is 7.89. The first-order chi connectivity index (χ1) is 14.8. The molecule has 1 atom stereocenters. The summed E-state index contributed by atoms with van der Waals surface area (Å²) in [7, 11) is 1.68. The number of rotatable bonds is 4. The molecule has 2 aliphatic heterocycles. The van der Waals surface area contributed by atoms with Crippen molar-refractivity contribution < 1.29 is 27.5 Å². The van der Waals surface area contributed by atoms with Gasteiger partial charge in [-0.1, -0.05) is 12.1 Å². The lowest BCUT2D eigenvalue weighted by Gasteiger charge is -2.39. The Hall–Kier alpha value is -3.23. The summed E-state index contributed by atoms with van der Waals surface area (Å²) in [6.45, 7) is -2.24. The Bertz CT molecular complexity index is 1030. The van der Waals surface area contributed by atoms with Gasteiger partial charge in [-0.05, 0) is 30.2 Å². The number of ether oxygens (including phenoxy) is 1. The van der Waals surface area contributed by atoms with Crippen LogP contribution in [-0.4, -0.2) is 37.9 Å². The van der Waals surface area contributed by atoms with Gasteiger partial charge in [0, 0.05) is 42.9 Å². The fourth-order valence-electron chi connectivity index (χ4n) is 4.00. The van der Waals surface area contributed by atoms with Crippen LogP contribution in [-0.2, 0) is 11.2 Å². The van der Waals surface area contributed by atoms with Crippen molar-refractivity contribution >= 4 is 23.3 Å². The van der Waals surface area contributed by atoms with Gasteiger partial charge in [-0.2, -0.15) is 0 Å². The molecule has 0 fully saturated rings. The van der Waals surface area contributed by atoms with Gasteiger partial charge in [0.25, 0.3) is 0 Å². The van der Waals surface area contributed by atoms with Crippen molar-refractivity contribution in [3.63, 3.8) is 0 Å². The minimum atomic E-state index is -1.78. The van der Waals surface area contributed by atoms with Crippen LogP contribution in [0, 0.1) is 5.82 Å². The summed E-state index contributed by atoms with van der Waals surface area (Å²) < 4.78 is 46.2. The topological polar surface area (TPSA) is 70.7 Å². The van der Waals surface area contributed by atoms with Crippen LogP contribution in [0.3, 0.4) is 0 Å². The van der Waals surface area contributed by atoms with Gasteiger partial charge in [-0.25, -0.2) is 18.0 Å². The average molecular weight is 433 g/mol. The normalized spacial score (nSPS) is 19.2. The van der Waals surface area contributed by atoms with Crippen molar-refractivity contribution in [3.05, 3.63) is 53.3 Å². The van der Waals surface area contributed by atoms with E-state index in [9.17, 15) is 22.8 Å². The molecular weight excluding hydrogens is 411 g/mol. The number of carbonyl (C=O) groups is 2. The minimum Gasteiger partial charge on any atom is -0.481 e. The first-order valence-corrected chi connectivity index (χ1v) is 9.91. The first kappa shape index (κ1) is 21.0. The van der Waals surface area contributed by atoms with E-state index in [1.165, 1.54) is 12.1 Å². The van der Waals surface area contributed by atoms with Crippen LogP contribution in [0.1, 0.15) is 30.0 Å². The number of urea groups is 1. The molecular formula is C22H22F3N3O3. The smallest absolute Gasteiger partial charge is 0.319 e. The molecule has 0 saturated carbocycles. The van der Waals surface area contributed by atoms with E-state index in [0.717, 1.165) is 17.3 Å². The number of carbonyl (C=O) groups excluding carboxylic acids is 2. The summed E-state index contributed by atoms with van der Waals surface area (Å²) in [5, 5.41) is 5.39. The minimum absolute atomic E-state index is 0.000711. The highest BCUT2D eigenvalue weighted by Crippen LogP contribution is 2.41. The van der Waals surface area contributed by atoms with Gasteiger partial charge >= 0.3 is 6.03 Å². The molecule has 0 bridgehead atoms. The summed E-state index contributed by atoms with van der Waals surface area (Å²) in [6.07, 6.45) is 0.924. The quantitative estimate of drug-likeness (QED) is 0.764. The molecule has 0 unspecified atom stereocenters. The van der Waals surface area contributed by atoms with Crippen LogP contribution < -0.4 is 20.3 Å². The molecule has 6 nitrogen and oxygen atoms in total. The number of aryl methyl sites for hydroxylation is 1. The maximum Gasteiger partial charge on any atom is 0.319 e. The molecule has 0 radical (unpaired) electrons. The van der Waals surface area contributed by atoms with Gasteiger partial charge in [-0.3, -0.25) is 4.79 Å². The number of benzene rings is 2. The Morgan fingerprint density at radius 2 is 1.97 bits per heavy atom. The van der Waals surface area contributed by atoms with Gasteiger partial charge in [0.1, 0.15) is 24.9 Å². The number of hydrogen-bond donors (Lipinski definition) is 2. The monoisotopic (exact) mass is 433 g/mol. The Balaban J connectivity index is 1.54. The Labute approximate surface area is 177 Å². The van der Waals surface area contributed by atoms with Crippen LogP contribution in [0.4, 0.5) is 29.3 Å². The van der Waals surface area contributed by atoms with Crippen LogP contribution in [0.25, 0.3) is 0 Å². The van der Waals surface area contributed by atoms with E-state index in [-0.39, 0.29) is 18.1 Å². The number of nitrogens with zero attached hydrogens (tertiary/aromatic N) is 1. The summed E-state index contributed by atoms with van der Waals surface area (Å²) in [4.78, 5) is 26.1. The molecule has 2 aromatic carbocycles. The molecule has 0 spiro atoms. The van der Waals surface area contributed by atoms with Crippen molar-refractivity contribution in [3.8, 4) is 5.75 Å². The molecule has 2 N–H and O–H groups in total. The fraction of sp³-hybridized carbons (Fsp3) is 0.364. The predicted molar refractivity (Wildman–Crippen MR) is 109 cm³/mol. The van der Waals surface area contributed by atoms with Gasteiger partial charge in [-0.15, -0.1) is 0 Å². The number of amides is 3. The number of alkyl halides is 2. The molecule has 164 valence electrons. The van der Waals surface area contributed by atoms with Gasteiger partial charge in [0.15, 0.2) is 5.60 Å². The number of anilines is 2. The van der Waals surface area contributed by atoms with E-state index in [4.69, 9.17) is 4.74 Å². The highest BCUT2D eigenvalue weighted by molar-refractivity contribution is 5.97. The molecule has 2 aliphatic rings. The van der Waals surface area contributed by atoms with E-state index in [1.807, 2.05) is 6.07 Å². The first-order valence-electron chi connectivity index (χ1n) is 9.91. The van der Waals surface area contributed by atoms with Crippen LogP contribution in [0.5, 0.6) is 5.75 Å². The Morgan fingerprint density at radius 3 is 2.71 bits per heavy atom. The Kier molecular flexibility index (Phi) is 5.51. The number of nitrogens with one attached hydrogen (secondary N) is 2. The zero-order valence-corrected chi connectivity index (χ0v) is 16.9. The molecule has 4 rings (SSSR count). The molecule has 0 saturated heterocycles. The van der Waals surface area contributed by atoms with E-state index in [1.54, 1.807) is 24.1 Å². The van der Waals surface area contributed by atoms with E-state index < -0.39 is 36.8 Å². The molecule has 3 amide bonds. The van der Waals surface area contributed by atoms with Gasteiger partial charge < -0.3 is 20.3 Å². The molecule has 31 heavy (non-hydrogen) atoms. The SMILES string of the molecule is CN1C(=O)CCc2ccc(NC(=O)N[C@@H]3CC(CF)(CF)Oc4cc(F)ccc43)cc21. The third-order valence-electron chi connectivity index (χ3n) is 5.73. The van der Waals surface area contributed by atoms with E-state index in [0.29, 0.717) is 24.1 Å². The van der Waals surface area contributed by atoms with Crippen molar-refractivity contribution in [2.75, 3.05) is 30.6 Å². The van der Waals surface area contributed by atoms with Crippen molar-refractivity contribution in [2.45, 2.75) is 30.9 Å². The summed E-state index contributed by atoms with van der Waals surface area (Å²) >= 11 is 0. The maximum atomic E-state index is 13.6. The summed E-state index contributed by atoms with van der Waals surface area (Å²) in [5.74, 6) is -0.613. The highest BCUT2D eigenvalue weighted by atomic mass is 19.1. The second kappa shape index (κ2) is 8.13. The van der Waals surface area contributed by atoms with Crippen molar-refractivity contribution in [1.82, 2.24) is 5.32 Å². The molecule has 0 aromatic heterocycles. The van der Waals surface area contributed by atoms with Crippen LogP contribution in [0.2, 0.25) is 0 Å². The lowest BCUT2D eigenvalue weighted by molar-refractivity contribution is -0.118.